The van der Waals surface area contributed by atoms with E-state index in [1.54, 1.807) is 30.6 Å². The number of carbonyl (C=O) groups excluding carboxylic acids is 2. The van der Waals surface area contributed by atoms with Crippen LogP contribution in [-0.2, 0) is 24.3 Å². The standard InChI is InChI=1S/C30H33N5O3/c1-33(2)30(37)26-12-10-24(31-26)20-35(18-17-34-16-15-22-5-3-4-6-27(22)34)28-13-9-23-19-21(7-11-25(23)28)8-14-29(36)32-38/h3-8,10-12,14-16,19,28,31,38H,9,13,17-18,20H2,1-2H3,(H,32,36)/b14-8+. The van der Waals surface area contributed by atoms with E-state index < -0.39 is 5.91 Å². The summed E-state index contributed by atoms with van der Waals surface area (Å²) in [6.45, 7) is 2.39. The maximum atomic E-state index is 12.4. The topological polar surface area (TPSA) is 93.6 Å². The summed E-state index contributed by atoms with van der Waals surface area (Å²) in [6.07, 6.45) is 7.12. The van der Waals surface area contributed by atoms with Crippen molar-refractivity contribution in [3.63, 3.8) is 0 Å². The lowest BCUT2D eigenvalue weighted by Gasteiger charge is -2.30. The molecule has 1 aliphatic carbocycles. The van der Waals surface area contributed by atoms with Crippen LogP contribution >= 0.6 is 0 Å². The molecule has 196 valence electrons. The molecule has 2 heterocycles. The number of nitrogens with one attached hydrogen (secondary N) is 2. The van der Waals surface area contributed by atoms with Crippen LogP contribution in [-0.4, -0.2) is 57.0 Å². The molecule has 1 atom stereocenters. The van der Waals surface area contributed by atoms with Gasteiger partial charge in [-0.25, -0.2) is 5.48 Å². The Bertz CT molecular complexity index is 1480. The molecule has 4 aromatic rings. The Labute approximate surface area is 222 Å². The number of aryl methyl sites for hydroxylation is 1. The van der Waals surface area contributed by atoms with Crippen LogP contribution in [0.25, 0.3) is 17.0 Å². The highest BCUT2D eigenvalue weighted by atomic mass is 16.5. The number of carbonyl (C=O) groups is 2. The molecular weight excluding hydrogens is 478 g/mol. The molecule has 2 aromatic heterocycles. The van der Waals surface area contributed by atoms with E-state index in [1.807, 2.05) is 18.2 Å². The Morgan fingerprint density at radius 1 is 1.13 bits per heavy atom. The number of benzene rings is 2. The van der Waals surface area contributed by atoms with E-state index in [9.17, 15) is 9.59 Å². The Balaban J connectivity index is 1.40. The van der Waals surface area contributed by atoms with Crippen molar-refractivity contribution in [2.75, 3.05) is 20.6 Å². The zero-order valence-electron chi connectivity index (χ0n) is 21.7. The fourth-order valence-corrected chi connectivity index (χ4v) is 5.34. The molecule has 1 unspecified atom stereocenters. The molecule has 2 amide bonds. The van der Waals surface area contributed by atoms with Gasteiger partial charge in [-0.2, -0.15) is 0 Å². The van der Waals surface area contributed by atoms with Crippen LogP contribution in [0.3, 0.4) is 0 Å². The van der Waals surface area contributed by atoms with Gasteiger partial charge in [-0.1, -0.05) is 36.4 Å². The van der Waals surface area contributed by atoms with E-state index in [1.165, 1.54) is 28.1 Å². The third kappa shape index (κ3) is 5.41. The Morgan fingerprint density at radius 2 is 1.97 bits per heavy atom. The quantitative estimate of drug-likeness (QED) is 0.177. The average Bonchev–Trinajstić information content (AvgIpc) is 3.67. The van der Waals surface area contributed by atoms with Crippen molar-refractivity contribution in [1.82, 2.24) is 24.8 Å². The smallest absolute Gasteiger partial charge is 0.269 e. The number of aromatic nitrogens is 2. The first-order chi connectivity index (χ1) is 18.4. The van der Waals surface area contributed by atoms with E-state index >= 15 is 0 Å². The van der Waals surface area contributed by atoms with E-state index in [0.29, 0.717) is 12.2 Å². The number of hydrogen-bond donors (Lipinski definition) is 3. The number of fused-ring (bicyclic) bond motifs is 2. The zero-order chi connectivity index (χ0) is 26.6. The third-order valence-electron chi connectivity index (χ3n) is 7.26. The first-order valence-electron chi connectivity index (χ1n) is 12.9. The molecule has 0 saturated heterocycles. The van der Waals surface area contributed by atoms with Crippen LogP contribution in [0.1, 0.15) is 45.3 Å². The van der Waals surface area contributed by atoms with Crippen LogP contribution in [0.5, 0.6) is 0 Å². The minimum Gasteiger partial charge on any atom is -0.353 e. The molecule has 8 heteroatoms. The highest BCUT2D eigenvalue weighted by Crippen LogP contribution is 2.37. The minimum atomic E-state index is -0.551. The van der Waals surface area contributed by atoms with Gasteiger partial charge in [-0.05, 0) is 65.3 Å². The van der Waals surface area contributed by atoms with Gasteiger partial charge in [0, 0.05) is 63.3 Å². The number of para-hydroxylation sites is 1. The summed E-state index contributed by atoms with van der Waals surface area (Å²) in [5.74, 6) is -0.589. The minimum absolute atomic E-state index is 0.0386. The van der Waals surface area contributed by atoms with Crippen molar-refractivity contribution >= 4 is 28.8 Å². The molecule has 8 nitrogen and oxygen atoms in total. The number of nitrogens with zero attached hydrogens (tertiary/aromatic N) is 3. The third-order valence-corrected chi connectivity index (χ3v) is 7.26. The van der Waals surface area contributed by atoms with Crippen LogP contribution in [0.2, 0.25) is 0 Å². The molecule has 5 rings (SSSR count). The molecule has 0 fully saturated rings. The Morgan fingerprint density at radius 3 is 2.79 bits per heavy atom. The van der Waals surface area contributed by atoms with E-state index in [2.05, 4.69) is 63.1 Å². The summed E-state index contributed by atoms with van der Waals surface area (Å²) in [5.41, 5.74) is 7.94. The SMILES string of the molecule is CN(C)C(=O)c1ccc(CN(CCn2ccc3ccccc32)C2CCc3cc(/C=C/C(=O)NO)ccc32)[nH]1. The van der Waals surface area contributed by atoms with Crippen LogP contribution in [0.4, 0.5) is 0 Å². The second-order valence-corrected chi connectivity index (χ2v) is 9.96. The second-order valence-electron chi connectivity index (χ2n) is 9.96. The van der Waals surface area contributed by atoms with Gasteiger partial charge >= 0.3 is 0 Å². The maximum absolute atomic E-state index is 12.4. The number of rotatable bonds is 9. The molecule has 0 bridgehead atoms. The summed E-state index contributed by atoms with van der Waals surface area (Å²) in [6, 6.07) is 21.0. The monoisotopic (exact) mass is 511 g/mol. The molecule has 3 N–H and O–H groups in total. The van der Waals surface area contributed by atoms with Crippen LogP contribution in [0.15, 0.2) is 72.9 Å². The molecule has 0 spiro atoms. The highest BCUT2D eigenvalue weighted by molar-refractivity contribution is 5.92. The second kappa shape index (κ2) is 11.1. The molecule has 0 aliphatic heterocycles. The Kier molecular flexibility index (Phi) is 7.44. The number of aromatic amines is 1. The van der Waals surface area contributed by atoms with Crippen molar-refractivity contribution in [3.05, 3.63) is 101 Å². The summed E-state index contributed by atoms with van der Waals surface area (Å²) in [5, 5.41) is 9.97. The highest BCUT2D eigenvalue weighted by Gasteiger charge is 2.28. The van der Waals surface area contributed by atoms with Gasteiger partial charge in [0.2, 0.25) is 0 Å². The van der Waals surface area contributed by atoms with Gasteiger partial charge in [0.05, 0.1) is 0 Å². The predicted molar refractivity (Wildman–Crippen MR) is 148 cm³/mol. The first kappa shape index (κ1) is 25.5. The lowest BCUT2D eigenvalue weighted by Crippen LogP contribution is -2.30. The number of hydrogen-bond acceptors (Lipinski definition) is 4. The molecular formula is C30H33N5O3. The summed E-state index contributed by atoms with van der Waals surface area (Å²) in [4.78, 5) is 31.2. The van der Waals surface area contributed by atoms with Gasteiger partial charge in [0.1, 0.15) is 5.69 Å². The zero-order valence-corrected chi connectivity index (χ0v) is 21.7. The van der Waals surface area contributed by atoms with Crippen LogP contribution in [0, 0.1) is 0 Å². The number of H-pyrrole nitrogens is 1. The van der Waals surface area contributed by atoms with Gasteiger partial charge in [0.15, 0.2) is 0 Å². The van der Waals surface area contributed by atoms with E-state index in [4.69, 9.17) is 5.21 Å². The normalized spacial score (nSPS) is 14.9. The lowest BCUT2D eigenvalue weighted by molar-refractivity contribution is -0.124. The van der Waals surface area contributed by atoms with Gasteiger partial charge in [-0.15, -0.1) is 0 Å². The molecule has 0 saturated carbocycles. The summed E-state index contributed by atoms with van der Waals surface area (Å²) < 4.78 is 2.30. The average molecular weight is 512 g/mol. The van der Waals surface area contributed by atoms with Crippen molar-refractivity contribution in [2.24, 2.45) is 0 Å². The van der Waals surface area contributed by atoms with E-state index in [-0.39, 0.29) is 11.9 Å². The largest absolute Gasteiger partial charge is 0.353 e. The molecule has 1 aliphatic rings. The van der Waals surface area contributed by atoms with Gasteiger partial charge < -0.3 is 14.5 Å². The van der Waals surface area contributed by atoms with Crippen molar-refractivity contribution < 1.29 is 14.8 Å². The van der Waals surface area contributed by atoms with Crippen molar-refractivity contribution in [1.29, 1.82) is 0 Å². The molecule has 38 heavy (non-hydrogen) atoms. The molecule has 0 radical (unpaired) electrons. The Hall–Kier alpha value is -4.14. The van der Waals surface area contributed by atoms with Gasteiger partial charge in [0.25, 0.3) is 11.8 Å². The summed E-state index contributed by atoms with van der Waals surface area (Å²) >= 11 is 0. The predicted octanol–water partition coefficient (Wildman–Crippen LogP) is 4.38. The van der Waals surface area contributed by atoms with Gasteiger partial charge in [-0.3, -0.25) is 19.7 Å². The number of amides is 2. The fourth-order valence-electron chi connectivity index (χ4n) is 5.34. The number of hydroxylamine groups is 1. The van der Waals surface area contributed by atoms with Crippen LogP contribution < -0.4 is 5.48 Å². The molecule has 2 aromatic carbocycles. The fraction of sp³-hybridized carbons (Fsp3) is 0.267. The summed E-state index contributed by atoms with van der Waals surface area (Å²) in [7, 11) is 3.51. The van der Waals surface area contributed by atoms with Crippen molar-refractivity contribution in [3.8, 4) is 0 Å². The van der Waals surface area contributed by atoms with Crippen molar-refractivity contribution in [2.45, 2.75) is 32.0 Å². The first-order valence-corrected chi connectivity index (χ1v) is 12.9. The van der Waals surface area contributed by atoms with E-state index in [0.717, 1.165) is 37.2 Å². The lowest BCUT2D eigenvalue weighted by atomic mass is 10.0. The maximum Gasteiger partial charge on any atom is 0.269 e.